The summed E-state index contributed by atoms with van der Waals surface area (Å²) >= 11 is 0. The minimum absolute atomic E-state index is 0.0483. The molecule has 0 spiro atoms. The van der Waals surface area contributed by atoms with Crippen molar-refractivity contribution in [1.29, 1.82) is 0 Å². The Morgan fingerprint density at radius 1 is 1.09 bits per heavy atom. The van der Waals surface area contributed by atoms with Crippen LogP contribution in [0.1, 0.15) is 35.7 Å². The van der Waals surface area contributed by atoms with Gasteiger partial charge >= 0.3 is 5.97 Å². The molecule has 180 valence electrons. The Hall–Kier alpha value is -3.88. The number of piperazine rings is 1. The molecular weight excluding hydrogens is 436 g/mol. The smallest absolute Gasteiger partial charge is 0.308 e. The van der Waals surface area contributed by atoms with Gasteiger partial charge in [0.2, 0.25) is 11.8 Å². The molecule has 3 rings (SSSR count). The molecule has 1 saturated heterocycles. The number of ether oxygens (including phenoxy) is 1. The normalized spacial score (nSPS) is 15.3. The van der Waals surface area contributed by atoms with Gasteiger partial charge in [-0.3, -0.25) is 19.2 Å². The summed E-state index contributed by atoms with van der Waals surface area (Å²) in [6.45, 7) is 3.20. The van der Waals surface area contributed by atoms with Gasteiger partial charge in [-0.25, -0.2) is 0 Å². The first kappa shape index (κ1) is 24.8. The zero-order valence-corrected chi connectivity index (χ0v) is 19.2. The highest BCUT2D eigenvalue weighted by molar-refractivity contribution is 5.95. The van der Waals surface area contributed by atoms with Crippen molar-refractivity contribution in [2.75, 3.05) is 31.6 Å². The van der Waals surface area contributed by atoms with E-state index in [4.69, 9.17) is 4.74 Å². The number of nitrogens with one attached hydrogen (secondary N) is 3. The van der Waals surface area contributed by atoms with Gasteiger partial charge in [0, 0.05) is 30.9 Å². The second-order valence-electron chi connectivity index (χ2n) is 7.92. The maximum absolute atomic E-state index is 12.8. The quantitative estimate of drug-likeness (QED) is 0.459. The molecule has 3 amide bonds. The Morgan fingerprint density at radius 3 is 2.53 bits per heavy atom. The van der Waals surface area contributed by atoms with Gasteiger partial charge in [-0.15, -0.1) is 0 Å². The minimum atomic E-state index is -0.886. The number of benzene rings is 2. The van der Waals surface area contributed by atoms with Crippen molar-refractivity contribution < 1.29 is 23.9 Å². The molecule has 34 heavy (non-hydrogen) atoms. The summed E-state index contributed by atoms with van der Waals surface area (Å²) in [5, 5.41) is 8.58. The van der Waals surface area contributed by atoms with Crippen molar-refractivity contribution >= 4 is 29.4 Å². The van der Waals surface area contributed by atoms with Crippen LogP contribution in [0.25, 0.3) is 0 Å². The van der Waals surface area contributed by atoms with Crippen LogP contribution < -0.4 is 16.0 Å². The molecule has 2 aromatic rings. The molecule has 0 aliphatic carbocycles. The highest BCUT2D eigenvalue weighted by Crippen LogP contribution is 2.13. The number of anilines is 1. The lowest BCUT2D eigenvalue weighted by atomic mass is 10.1. The van der Waals surface area contributed by atoms with Gasteiger partial charge in [0.1, 0.15) is 6.04 Å². The summed E-state index contributed by atoms with van der Waals surface area (Å²) < 4.78 is 5.07. The molecule has 2 aromatic carbocycles. The highest BCUT2D eigenvalue weighted by atomic mass is 16.5. The Bertz CT molecular complexity index is 994. The molecule has 1 aliphatic rings. The first-order valence-corrected chi connectivity index (χ1v) is 11.4. The third-order valence-corrected chi connectivity index (χ3v) is 5.37. The van der Waals surface area contributed by atoms with Crippen LogP contribution in [0.15, 0.2) is 54.6 Å². The van der Waals surface area contributed by atoms with E-state index in [2.05, 4.69) is 16.0 Å². The number of amides is 3. The third kappa shape index (κ3) is 7.06. The average molecular weight is 467 g/mol. The molecule has 3 N–H and O–H groups in total. The number of esters is 1. The fourth-order valence-electron chi connectivity index (χ4n) is 3.55. The second-order valence-corrected chi connectivity index (χ2v) is 7.92. The third-order valence-electron chi connectivity index (χ3n) is 5.37. The zero-order chi connectivity index (χ0) is 24.3. The molecule has 0 bridgehead atoms. The van der Waals surface area contributed by atoms with E-state index >= 15 is 0 Å². The number of rotatable bonds is 10. The highest BCUT2D eigenvalue weighted by Gasteiger charge is 2.34. The molecule has 0 radical (unpaired) electrons. The van der Waals surface area contributed by atoms with Crippen molar-refractivity contribution in [3.05, 3.63) is 65.7 Å². The van der Waals surface area contributed by atoms with E-state index in [1.165, 1.54) is 4.90 Å². The molecule has 1 aliphatic heterocycles. The maximum atomic E-state index is 12.8. The topological polar surface area (TPSA) is 117 Å². The first-order chi connectivity index (χ1) is 16.5. The second kappa shape index (κ2) is 12.4. The summed E-state index contributed by atoms with van der Waals surface area (Å²) in [5.74, 6) is -1.36. The number of hydrogen-bond acceptors (Lipinski definition) is 6. The Kier molecular flexibility index (Phi) is 9.02. The summed E-state index contributed by atoms with van der Waals surface area (Å²) in [6, 6.07) is 15.5. The molecule has 0 saturated carbocycles. The van der Waals surface area contributed by atoms with Crippen molar-refractivity contribution in [2.24, 2.45) is 0 Å². The fourth-order valence-corrected chi connectivity index (χ4v) is 3.55. The van der Waals surface area contributed by atoms with E-state index < -0.39 is 12.0 Å². The summed E-state index contributed by atoms with van der Waals surface area (Å²) in [6.07, 6.45) is 0.507. The van der Waals surface area contributed by atoms with Crippen LogP contribution >= 0.6 is 0 Å². The van der Waals surface area contributed by atoms with E-state index in [0.717, 1.165) is 5.56 Å². The molecule has 1 atom stereocenters. The van der Waals surface area contributed by atoms with Crippen LogP contribution in [0.3, 0.4) is 0 Å². The Labute approximate surface area is 198 Å². The standard InChI is InChI=1S/C25H30N4O5/c1-2-14-34-23(31)15-21-25(33)26-12-13-29(21)22(30)17-27-20-10-8-19(9-11-20)24(32)28-16-18-6-4-3-5-7-18/h3-11,21,27H,2,12-17H2,1H3,(H,26,33)(H,28,32). The lowest BCUT2D eigenvalue weighted by Crippen LogP contribution is -2.58. The van der Waals surface area contributed by atoms with Crippen LogP contribution in [0.5, 0.6) is 0 Å². The van der Waals surface area contributed by atoms with Gasteiger partial charge in [0.15, 0.2) is 0 Å². The summed E-state index contributed by atoms with van der Waals surface area (Å²) in [4.78, 5) is 50.8. The van der Waals surface area contributed by atoms with Gasteiger partial charge in [0.05, 0.1) is 19.6 Å². The molecule has 9 heteroatoms. The van der Waals surface area contributed by atoms with Crippen LogP contribution in [0.2, 0.25) is 0 Å². The van der Waals surface area contributed by atoms with Gasteiger partial charge in [0.25, 0.3) is 5.91 Å². The first-order valence-electron chi connectivity index (χ1n) is 11.4. The number of nitrogens with zero attached hydrogens (tertiary/aromatic N) is 1. The van der Waals surface area contributed by atoms with Gasteiger partial charge < -0.3 is 25.6 Å². The predicted octanol–water partition coefficient (Wildman–Crippen LogP) is 1.70. The van der Waals surface area contributed by atoms with Crippen molar-refractivity contribution in [1.82, 2.24) is 15.5 Å². The molecule has 1 unspecified atom stereocenters. The number of hydrogen-bond donors (Lipinski definition) is 3. The van der Waals surface area contributed by atoms with Crippen molar-refractivity contribution in [3.8, 4) is 0 Å². The average Bonchev–Trinajstić information content (AvgIpc) is 2.86. The van der Waals surface area contributed by atoms with Crippen LogP contribution in [-0.4, -0.2) is 60.9 Å². The van der Waals surface area contributed by atoms with E-state index in [0.29, 0.717) is 37.3 Å². The Balaban J connectivity index is 1.51. The molecular formula is C25H30N4O5. The Morgan fingerprint density at radius 2 is 1.82 bits per heavy atom. The van der Waals surface area contributed by atoms with Gasteiger partial charge in [-0.05, 0) is 36.2 Å². The summed E-state index contributed by atoms with van der Waals surface area (Å²) in [7, 11) is 0. The fraction of sp³-hybridized carbons (Fsp3) is 0.360. The number of carbonyl (C=O) groups is 4. The molecule has 1 fully saturated rings. The minimum Gasteiger partial charge on any atom is -0.466 e. The lowest BCUT2D eigenvalue weighted by molar-refractivity contribution is -0.151. The molecule has 1 heterocycles. The van der Waals surface area contributed by atoms with Crippen molar-refractivity contribution in [2.45, 2.75) is 32.4 Å². The van der Waals surface area contributed by atoms with E-state index in [1.807, 2.05) is 37.3 Å². The van der Waals surface area contributed by atoms with Gasteiger partial charge in [-0.1, -0.05) is 37.3 Å². The molecule has 9 nitrogen and oxygen atoms in total. The SMILES string of the molecule is CCCOC(=O)CC1C(=O)NCCN1C(=O)CNc1ccc(C(=O)NCc2ccccc2)cc1. The molecule has 0 aromatic heterocycles. The number of carbonyl (C=O) groups excluding carboxylic acids is 4. The maximum Gasteiger partial charge on any atom is 0.308 e. The zero-order valence-electron chi connectivity index (χ0n) is 19.2. The van der Waals surface area contributed by atoms with Crippen LogP contribution in [0, 0.1) is 0 Å². The largest absolute Gasteiger partial charge is 0.466 e. The van der Waals surface area contributed by atoms with E-state index in [-0.39, 0.29) is 37.3 Å². The van der Waals surface area contributed by atoms with Gasteiger partial charge in [-0.2, -0.15) is 0 Å². The monoisotopic (exact) mass is 466 g/mol. The van der Waals surface area contributed by atoms with E-state index in [9.17, 15) is 19.2 Å². The predicted molar refractivity (Wildman–Crippen MR) is 127 cm³/mol. The van der Waals surface area contributed by atoms with E-state index in [1.54, 1.807) is 24.3 Å². The summed E-state index contributed by atoms with van der Waals surface area (Å²) in [5.41, 5.74) is 2.18. The van der Waals surface area contributed by atoms with Crippen molar-refractivity contribution in [3.63, 3.8) is 0 Å². The van der Waals surface area contributed by atoms with Crippen LogP contribution in [-0.2, 0) is 25.7 Å². The van der Waals surface area contributed by atoms with Crippen LogP contribution in [0.4, 0.5) is 5.69 Å². The lowest BCUT2D eigenvalue weighted by Gasteiger charge is -2.34.